The number of benzene rings is 1. The van der Waals surface area contributed by atoms with Crippen molar-refractivity contribution in [1.82, 2.24) is 0 Å². The Morgan fingerprint density at radius 1 is 1.21 bits per heavy atom. The van der Waals surface area contributed by atoms with E-state index in [1.165, 1.54) is 5.69 Å². The van der Waals surface area contributed by atoms with Gasteiger partial charge in [-0.3, -0.25) is 0 Å². The lowest BCUT2D eigenvalue weighted by molar-refractivity contribution is -0.651. The molecule has 68 valence electrons. The molecule has 0 radical (unpaired) electrons. The monoisotopic (exact) mass is 183 g/mol. The van der Waals surface area contributed by atoms with Crippen molar-refractivity contribution in [1.29, 1.82) is 5.26 Å². The van der Waals surface area contributed by atoms with Crippen LogP contribution in [-0.2, 0) is 7.05 Å². The van der Waals surface area contributed by atoms with Crippen molar-refractivity contribution in [2.75, 3.05) is 0 Å². The average molecular weight is 183 g/mol. The van der Waals surface area contributed by atoms with Crippen LogP contribution in [0.3, 0.4) is 0 Å². The molecule has 0 saturated heterocycles. The van der Waals surface area contributed by atoms with Gasteiger partial charge in [-0.1, -0.05) is 0 Å². The van der Waals surface area contributed by atoms with Crippen molar-refractivity contribution >= 4 is 10.9 Å². The second-order valence-electron chi connectivity index (χ2n) is 3.42. The smallest absolute Gasteiger partial charge is 0.199 e. The van der Waals surface area contributed by atoms with E-state index in [0.29, 0.717) is 5.56 Å². The molecule has 0 saturated carbocycles. The quantitative estimate of drug-likeness (QED) is 0.573. The Morgan fingerprint density at radius 2 is 2.00 bits per heavy atom. The molecule has 2 nitrogen and oxygen atoms in total. The molecular weight excluding hydrogens is 172 g/mol. The highest BCUT2D eigenvalue weighted by Gasteiger charge is 2.07. The number of fused-ring (bicyclic) bond motifs is 1. The van der Waals surface area contributed by atoms with E-state index in [0.717, 1.165) is 10.9 Å². The van der Waals surface area contributed by atoms with Gasteiger partial charge in [0.1, 0.15) is 7.05 Å². The van der Waals surface area contributed by atoms with Gasteiger partial charge >= 0.3 is 0 Å². The molecule has 2 aromatic rings. The van der Waals surface area contributed by atoms with Crippen LogP contribution in [0.4, 0.5) is 0 Å². The van der Waals surface area contributed by atoms with Gasteiger partial charge in [0.2, 0.25) is 5.52 Å². The molecule has 0 unspecified atom stereocenters. The molecule has 0 aliphatic heterocycles. The third kappa shape index (κ3) is 1.23. The van der Waals surface area contributed by atoms with E-state index in [2.05, 4.69) is 23.6 Å². The Morgan fingerprint density at radius 3 is 2.71 bits per heavy atom. The molecule has 0 aliphatic carbocycles. The molecule has 0 amide bonds. The fourth-order valence-corrected chi connectivity index (χ4v) is 1.58. The molecule has 0 atom stereocenters. The number of hydrogen-bond donors (Lipinski definition) is 0. The second kappa shape index (κ2) is 3.12. The summed E-state index contributed by atoms with van der Waals surface area (Å²) in [5.41, 5.74) is 3.08. The molecule has 1 aromatic heterocycles. The van der Waals surface area contributed by atoms with Crippen LogP contribution in [0.5, 0.6) is 0 Å². The first-order valence-corrected chi connectivity index (χ1v) is 4.52. The minimum atomic E-state index is 0.710. The van der Waals surface area contributed by atoms with Gasteiger partial charge in [0.15, 0.2) is 5.69 Å². The Hall–Kier alpha value is -1.88. The molecule has 0 fully saturated rings. The predicted molar refractivity (Wildman–Crippen MR) is 54.6 cm³/mol. The highest BCUT2D eigenvalue weighted by atomic mass is 14.9. The maximum absolute atomic E-state index is 8.76. The Bertz CT molecular complexity index is 536. The molecule has 0 aliphatic rings. The van der Waals surface area contributed by atoms with E-state index >= 15 is 0 Å². The summed E-state index contributed by atoms with van der Waals surface area (Å²) in [7, 11) is 2.03. The maximum atomic E-state index is 8.76. The van der Waals surface area contributed by atoms with Crippen molar-refractivity contribution in [3.8, 4) is 6.07 Å². The van der Waals surface area contributed by atoms with Crippen LogP contribution in [0.25, 0.3) is 10.9 Å². The van der Waals surface area contributed by atoms with Gasteiger partial charge in [-0.25, -0.2) is 0 Å². The molecule has 0 N–H and O–H groups in total. The van der Waals surface area contributed by atoms with Crippen LogP contribution in [0.1, 0.15) is 11.3 Å². The highest BCUT2D eigenvalue weighted by molar-refractivity contribution is 5.77. The van der Waals surface area contributed by atoms with E-state index in [4.69, 9.17) is 5.26 Å². The topological polar surface area (TPSA) is 27.7 Å². The third-order valence-electron chi connectivity index (χ3n) is 2.55. The normalized spacial score (nSPS) is 10.1. The van der Waals surface area contributed by atoms with E-state index in [9.17, 15) is 0 Å². The summed E-state index contributed by atoms with van der Waals surface area (Å²) < 4.78 is 2.12. The number of nitriles is 1. The largest absolute Gasteiger partial charge is 0.212 e. The van der Waals surface area contributed by atoms with Crippen molar-refractivity contribution in [2.45, 2.75) is 6.92 Å². The number of aryl methyl sites for hydroxylation is 2. The number of hydrogen-bond acceptors (Lipinski definition) is 1. The van der Waals surface area contributed by atoms with Crippen LogP contribution in [0, 0.1) is 18.3 Å². The molecule has 2 rings (SSSR count). The third-order valence-corrected chi connectivity index (χ3v) is 2.55. The van der Waals surface area contributed by atoms with Crippen LogP contribution in [0.15, 0.2) is 30.3 Å². The van der Waals surface area contributed by atoms with Gasteiger partial charge in [0, 0.05) is 24.4 Å². The first-order valence-electron chi connectivity index (χ1n) is 4.52. The van der Waals surface area contributed by atoms with Gasteiger partial charge in [0.05, 0.1) is 11.6 Å². The van der Waals surface area contributed by atoms with E-state index < -0.39 is 0 Å². The molecule has 1 aromatic carbocycles. The predicted octanol–water partition coefficient (Wildman–Crippen LogP) is 1.84. The average Bonchev–Trinajstić information content (AvgIpc) is 2.23. The molecule has 2 heteroatoms. The molecule has 0 spiro atoms. The first-order chi connectivity index (χ1) is 6.72. The minimum absolute atomic E-state index is 0.710. The summed E-state index contributed by atoms with van der Waals surface area (Å²) in [5, 5.41) is 9.87. The Balaban J connectivity index is 2.83. The summed E-state index contributed by atoms with van der Waals surface area (Å²) in [5.74, 6) is 0. The second-order valence-corrected chi connectivity index (χ2v) is 3.42. The van der Waals surface area contributed by atoms with Gasteiger partial charge in [-0.05, 0) is 18.2 Å². The fourth-order valence-electron chi connectivity index (χ4n) is 1.58. The zero-order chi connectivity index (χ0) is 10.1. The van der Waals surface area contributed by atoms with Crippen molar-refractivity contribution in [3.05, 3.63) is 41.6 Å². The molecular formula is C12H11N2+. The summed E-state index contributed by atoms with van der Waals surface area (Å²) in [6.45, 7) is 2.07. The summed E-state index contributed by atoms with van der Waals surface area (Å²) in [6.07, 6.45) is 0. The van der Waals surface area contributed by atoms with Gasteiger partial charge in [0.25, 0.3) is 0 Å². The summed E-state index contributed by atoms with van der Waals surface area (Å²) in [6, 6.07) is 12.0. The van der Waals surface area contributed by atoms with Crippen LogP contribution < -0.4 is 4.57 Å². The van der Waals surface area contributed by atoms with Crippen molar-refractivity contribution < 1.29 is 4.57 Å². The minimum Gasteiger partial charge on any atom is -0.199 e. The Labute approximate surface area is 83.0 Å². The van der Waals surface area contributed by atoms with Crippen molar-refractivity contribution in [2.24, 2.45) is 7.05 Å². The van der Waals surface area contributed by atoms with Gasteiger partial charge < -0.3 is 0 Å². The Kier molecular flexibility index (Phi) is 1.94. The lowest BCUT2D eigenvalue weighted by atomic mass is 10.1. The molecule has 14 heavy (non-hydrogen) atoms. The molecule has 1 heterocycles. The molecule has 0 bridgehead atoms. The number of rotatable bonds is 0. The van der Waals surface area contributed by atoms with Gasteiger partial charge in [-0.15, -0.1) is 0 Å². The lowest BCUT2D eigenvalue weighted by Crippen LogP contribution is -2.32. The van der Waals surface area contributed by atoms with Crippen LogP contribution >= 0.6 is 0 Å². The zero-order valence-electron chi connectivity index (χ0n) is 8.28. The summed E-state index contributed by atoms with van der Waals surface area (Å²) in [4.78, 5) is 0. The summed E-state index contributed by atoms with van der Waals surface area (Å²) >= 11 is 0. The SMILES string of the molecule is Cc1ccc2cc(C#N)ccc2[n+]1C. The van der Waals surface area contributed by atoms with E-state index in [-0.39, 0.29) is 0 Å². The standard InChI is InChI=1S/C12H11N2/c1-9-3-5-11-7-10(8-13)4-6-12(11)14(9)2/h3-7H,1-2H3/q+1. The lowest BCUT2D eigenvalue weighted by Gasteiger charge is -1.99. The number of aromatic nitrogens is 1. The van der Waals surface area contributed by atoms with E-state index in [1.54, 1.807) is 0 Å². The number of nitrogens with zero attached hydrogens (tertiary/aromatic N) is 2. The first kappa shape index (κ1) is 8.71. The highest BCUT2D eigenvalue weighted by Crippen LogP contribution is 2.12. The van der Waals surface area contributed by atoms with E-state index in [1.807, 2.05) is 31.3 Å². The van der Waals surface area contributed by atoms with Crippen LogP contribution in [-0.4, -0.2) is 0 Å². The van der Waals surface area contributed by atoms with Gasteiger partial charge in [-0.2, -0.15) is 9.83 Å². The maximum Gasteiger partial charge on any atom is 0.212 e. The van der Waals surface area contributed by atoms with Crippen LogP contribution in [0.2, 0.25) is 0 Å². The fraction of sp³-hybridized carbons (Fsp3) is 0.167. The zero-order valence-corrected chi connectivity index (χ0v) is 8.28. The van der Waals surface area contributed by atoms with Crippen molar-refractivity contribution in [3.63, 3.8) is 0 Å². The number of pyridine rings is 1.